The summed E-state index contributed by atoms with van der Waals surface area (Å²) in [4.78, 5) is 73.0. The lowest BCUT2D eigenvalue weighted by Crippen LogP contribution is -2.30. The maximum Gasteiger partial charge on any atom is 0.472 e. The van der Waals surface area contributed by atoms with Crippen LogP contribution in [0.5, 0.6) is 0 Å². The van der Waals surface area contributed by atoms with Crippen LogP contribution in [0.1, 0.15) is 427 Å². The Balaban J connectivity index is 5.23. The Morgan fingerprint density at radius 3 is 0.673 bits per heavy atom. The molecule has 101 heavy (non-hydrogen) atoms. The van der Waals surface area contributed by atoms with Crippen molar-refractivity contribution in [1.29, 1.82) is 0 Å². The number of phosphoric ester groups is 2. The van der Waals surface area contributed by atoms with Crippen molar-refractivity contribution in [2.45, 2.75) is 446 Å². The lowest BCUT2D eigenvalue weighted by molar-refractivity contribution is -0.161. The Hall–Kier alpha value is -1.94. The molecular weight excluding hydrogens is 1320 g/mol. The minimum absolute atomic E-state index is 0.105. The van der Waals surface area contributed by atoms with Crippen molar-refractivity contribution in [3.05, 3.63) is 0 Å². The summed E-state index contributed by atoms with van der Waals surface area (Å²) in [6.07, 6.45) is 61.2. The van der Waals surface area contributed by atoms with Crippen molar-refractivity contribution in [3.8, 4) is 0 Å². The van der Waals surface area contributed by atoms with Crippen LogP contribution in [-0.4, -0.2) is 96.7 Å². The van der Waals surface area contributed by atoms with Crippen molar-refractivity contribution in [1.82, 2.24) is 0 Å². The van der Waals surface area contributed by atoms with Gasteiger partial charge in [0.2, 0.25) is 0 Å². The molecule has 0 saturated heterocycles. The van der Waals surface area contributed by atoms with Gasteiger partial charge in [0.25, 0.3) is 0 Å². The molecule has 0 spiro atoms. The van der Waals surface area contributed by atoms with Crippen LogP contribution >= 0.6 is 15.6 Å². The highest BCUT2D eigenvalue weighted by Gasteiger charge is 2.30. The second-order valence-corrected chi connectivity index (χ2v) is 33.8. The molecule has 0 aliphatic heterocycles. The minimum atomic E-state index is -4.96. The first kappa shape index (κ1) is 99.1. The highest BCUT2D eigenvalue weighted by atomic mass is 31.2. The molecule has 0 heterocycles. The molecule has 0 aliphatic rings. The van der Waals surface area contributed by atoms with Crippen LogP contribution < -0.4 is 0 Å². The van der Waals surface area contributed by atoms with E-state index in [2.05, 4.69) is 48.5 Å². The molecule has 0 aromatic carbocycles. The molecule has 3 N–H and O–H groups in total. The van der Waals surface area contributed by atoms with Gasteiger partial charge in [0.15, 0.2) is 12.2 Å². The maximum absolute atomic E-state index is 13.1. The largest absolute Gasteiger partial charge is 0.472 e. The average Bonchev–Trinajstić information content (AvgIpc) is 1.09. The summed E-state index contributed by atoms with van der Waals surface area (Å²) in [6.45, 7) is 11.9. The highest BCUT2D eigenvalue weighted by Crippen LogP contribution is 2.45. The van der Waals surface area contributed by atoms with E-state index in [0.29, 0.717) is 31.6 Å². The number of carbonyl (C=O) groups excluding carboxylic acids is 4. The van der Waals surface area contributed by atoms with Crippen LogP contribution in [0.15, 0.2) is 0 Å². The van der Waals surface area contributed by atoms with Gasteiger partial charge in [-0.15, -0.1) is 0 Å². The van der Waals surface area contributed by atoms with Gasteiger partial charge in [-0.2, -0.15) is 0 Å². The van der Waals surface area contributed by atoms with E-state index in [0.717, 1.165) is 108 Å². The summed E-state index contributed by atoms with van der Waals surface area (Å²) in [6, 6.07) is 0. The van der Waals surface area contributed by atoms with Gasteiger partial charge in [-0.05, 0) is 43.4 Å². The van der Waals surface area contributed by atoms with Crippen molar-refractivity contribution in [3.63, 3.8) is 0 Å². The lowest BCUT2D eigenvalue weighted by Gasteiger charge is -2.21. The SMILES string of the molecule is CCCCCCCCCCCCCCCCCCCCCCC(=O)O[C@H](COC(=O)CCCCCCCCCCCCCCCCCC(C)C)COP(=O)(O)OC[C@@H](O)COP(=O)(O)OC[C@@H](COC(=O)CCCCCCCCCC(C)C)OC(=O)CCCCCCCCCCCCC(C)C. The monoisotopic (exact) mass is 1480 g/mol. The van der Waals surface area contributed by atoms with E-state index in [4.69, 9.17) is 37.0 Å². The summed E-state index contributed by atoms with van der Waals surface area (Å²) in [5.74, 6) is 0.152. The number of unbranched alkanes of at least 4 members (excludes halogenated alkanes) is 48. The van der Waals surface area contributed by atoms with E-state index in [1.807, 2.05) is 0 Å². The fourth-order valence-corrected chi connectivity index (χ4v) is 14.2. The zero-order valence-electron chi connectivity index (χ0n) is 66.4. The van der Waals surface area contributed by atoms with E-state index in [1.165, 1.54) is 231 Å². The van der Waals surface area contributed by atoms with Gasteiger partial charge < -0.3 is 33.8 Å². The number of phosphoric acid groups is 2. The van der Waals surface area contributed by atoms with E-state index in [1.54, 1.807) is 0 Å². The predicted octanol–water partition coefficient (Wildman–Crippen LogP) is 24.5. The number of hydrogen-bond acceptors (Lipinski definition) is 15. The fraction of sp³-hybridized carbons (Fsp3) is 0.951. The molecule has 0 saturated carbocycles. The van der Waals surface area contributed by atoms with E-state index < -0.39 is 97.5 Å². The topological polar surface area (TPSA) is 237 Å². The maximum atomic E-state index is 13.1. The summed E-state index contributed by atoms with van der Waals surface area (Å²) in [5, 5.41) is 10.6. The van der Waals surface area contributed by atoms with Gasteiger partial charge in [-0.1, -0.05) is 376 Å². The Kier molecular flexibility index (Phi) is 70.9. The second kappa shape index (κ2) is 72.3. The number of aliphatic hydroxyl groups excluding tert-OH is 1. The van der Waals surface area contributed by atoms with Gasteiger partial charge in [-0.3, -0.25) is 37.3 Å². The molecule has 600 valence electrons. The summed E-state index contributed by atoms with van der Waals surface area (Å²) in [5.41, 5.74) is 0. The van der Waals surface area contributed by atoms with Crippen LogP contribution in [0.4, 0.5) is 0 Å². The molecule has 0 amide bonds. The van der Waals surface area contributed by atoms with E-state index >= 15 is 0 Å². The summed E-state index contributed by atoms with van der Waals surface area (Å²) < 4.78 is 68.7. The van der Waals surface area contributed by atoms with Gasteiger partial charge in [0.1, 0.15) is 19.3 Å². The third kappa shape index (κ3) is 76.1. The average molecular weight is 1480 g/mol. The van der Waals surface area contributed by atoms with Gasteiger partial charge in [-0.25, -0.2) is 9.13 Å². The first-order valence-electron chi connectivity index (χ1n) is 42.3. The number of hydrogen-bond donors (Lipinski definition) is 3. The molecule has 0 aromatic rings. The molecule has 2 unspecified atom stereocenters. The molecule has 0 fully saturated rings. The minimum Gasteiger partial charge on any atom is -0.462 e. The standard InChI is InChI=1S/C82H160O17P2/c1-8-9-10-11-12-13-14-15-16-17-18-19-20-23-27-30-36-43-51-58-65-81(86)98-77(69-92-79(84)63-56-49-42-35-29-26-24-21-22-25-28-33-39-46-53-60-73(2)3)71-96-100(88,89)94-67-76(83)68-95-101(90,91)97-72-78(70-93-80(85)64-57-50-45-38-41-48-55-62-75(6)7)99-82(87)66-59-52-44-37-32-31-34-40-47-54-61-74(4)5/h73-78,83H,8-72H2,1-7H3,(H,88,89)(H,90,91)/t76-,77-,78-/m1/s1. The summed E-state index contributed by atoms with van der Waals surface area (Å²) in [7, 11) is -9.92. The van der Waals surface area contributed by atoms with E-state index in [-0.39, 0.29) is 25.7 Å². The Labute approximate surface area is 619 Å². The number of carbonyl (C=O) groups is 4. The summed E-state index contributed by atoms with van der Waals surface area (Å²) >= 11 is 0. The number of aliphatic hydroxyl groups is 1. The smallest absolute Gasteiger partial charge is 0.462 e. The van der Waals surface area contributed by atoms with Gasteiger partial charge in [0.05, 0.1) is 26.4 Å². The van der Waals surface area contributed by atoms with Gasteiger partial charge >= 0.3 is 39.5 Å². The quantitative estimate of drug-likeness (QED) is 0.0222. The molecule has 0 bridgehead atoms. The first-order valence-corrected chi connectivity index (χ1v) is 45.3. The zero-order valence-corrected chi connectivity index (χ0v) is 68.2. The lowest BCUT2D eigenvalue weighted by atomic mass is 10.0. The van der Waals surface area contributed by atoms with Crippen molar-refractivity contribution in [2.75, 3.05) is 39.6 Å². The molecular formula is C82H160O17P2. The number of rotatable bonds is 80. The fourth-order valence-electron chi connectivity index (χ4n) is 12.7. The third-order valence-electron chi connectivity index (χ3n) is 19.1. The molecule has 0 aliphatic carbocycles. The Morgan fingerprint density at radius 2 is 0.455 bits per heavy atom. The Bertz CT molecular complexity index is 1960. The van der Waals surface area contributed by atoms with Crippen LogP contribution in [0.3, 0.4) is 0 Å². The normalized spacial score (nSPS) is 14.0. The predicted molar refractivity (Wildman–Crippen MR) is 414 cm³/mol. The molecule has 5 atom stereocenters. The molecule has 17 nitrogen and oxygen atoms in total. The highest BCUT2D eigenvalue weighted by molar-refractivity contribution is 7.47. The Morgan fingerprint density at radius 1 is 0.267 bits per heavy atom. The molecule has 0 aromatic heterocycles. The van der Waals surface area contributed by atoms with Gasteiger partial charge in [0, 0.05) is 25.7 Å². The molecule has 19 heteroatoms. The first-order chi connectivity index (χ1) is 48.7. The third-order valence-corrected chi connectivity index (χ3v) is 21.0. The van der Waals surface area contributed by atoms with Crippen LogP contribution in [0.25, 0.3) is 0 Å². The van der Waals surface area contributed by atoms with Crippen molar-refractivity contribution in [2.24, 2.45) is 17.8 Å². The number of esters is 4. The van der Waals surface area contributed by atoms with Crippen LogP contribution in [0.2, 0.25) is 0 Å². The van der Waals surface area contributed by atoms with Crippen molar-refractivity contribution >= 4 is 39.5 Å². The van der Waals surface area contributed by atoms with Crippen molar-refractivity contribution < 1.29 is 80.2 Å². The van der Waals surface area contributed by atoms with Crippen LogP contribution in [0, 0.1) is 17.8 Å². The second-order valence-electron chi connectivity index (χ2n) is 30.9. The number of ether oxygens (including phenoxy) is 4. The van der Waals surface area contributed by atoms with Crippen LogP contribution in [-0.2, 0) is 65.4 Å². The molecule has 0 radical (unpaired) electrons. The zero-order chi connectivity index (χ0) is 74.4. The van der Waals surface area contributed by atoms with E-state index in [9.17, 15) is 43.2 Å². The molecule has 0 rings (SSSR count).